The van der Waals surface area contributed by atoms with Gasteiger partial charge in [0, 0.05) is 11.9 Å². The number of carbonyl (C=O) groups excluding carboxylic acids is 1. The maximum Gasteiger partial charge on any atom is 0.265 e. The average Bonchev–Trinajstić information content (AvgIpc) is 2.67. The second-order valence-electron chi connectivity index (χ2n) is 3.53. The number of aromatic nitrogens is 1. The van der Waals surface area contributed by atoms with Crippen LogP contribution in [0.4, 0.5) is 0 Å². The molecular formula is C12H14N2O2. The van der Waals surface area contributed by atoms with Crippen molar-refractivity contribution in [3.63, 3.8) is 0 Å². The van der Waals surface area contributed by atoms with Crippen LogP contribution in [0.1, 0.15) is 17.4 Å². The minimum Gasteiger partial charge on any atom is -0.496 e. The number of hydrogen-bond acceptors (Lipinski definition) is 2. The number of nitrogens with two attached hydrogens (primary N) is 1. The van der Waals surface area contributed by atoms with Gasteiger partial charge >= 0.3 is 0 Å². The van der Waals surface area contributed by atoms with E-state index < -0.39 is 5.91 Å². The number of nitrogens with zero attached hydrogens (tertiary/aromatic N) is 1. The second-order valence-corrected chi connectivity index (χ2v) is 3.53. The van der Waals surface area contributed by atoms with E-state index in [9.17, 15) is 4.79 Å². The number of benzene rings is 1. The Balaban J connectivity index is 2.80. The molecule has 0 bridgehead atoms. The fourth-order valence-electron chi connectivity index (χ4n) is 1.98. The van der Waals surface area contributed by atoms with Crippen LogP contribution in [0, 0.1) is 0 Å². The Hall–Kier alpha value is -1.97. The van der Waals surface area contributed by atoms with Gasteiger partial charge in [-0.2, -0.15) is 0 Å². The second kappa shape index (κ2) is 3.89. The molecule has 1 heterocycles. The Morgan fingerprint density at radius 2 is 2.25 bits per heavy atom. The third kappa shape index (κ3) is 1.43. The number of methoxy groups -OCH3 is 1. The molecule has 0 spiro atoms. The Kier molecular flexibility index (Phi) is 2.56. The Morgan fingerprint density at radius 1 is 1.50 bits per heavy atom. The zero-order valence-corrected chi connectivity index (χ0v) is 9.36. The molecule has 2 aromatic rings. The van der Waals surface area contributed by atoms with Gasteiger partial charge in [0.05, 0.1) is 12.6 Å². The van der Waals surface area contributed by atoms with Crippen LogP contribution >= 0.6 is 0 Å². The van der Waals surface area contributed by atoms with Crippen molar-refractivity contribution < 1.29 is 9.53 Å². The zero-order valence-electron chi connectivity index (χ0n) is 9.36. The van der Waals surface area contributed by atoms with Crippen molar-refractivity contribution in [3.05, 3.63) is 30.0 Å². The molecule has 2 rings (SSSR count). The number of primary amides is 1. The highest BCUT2D eigenvalue weighted by Crippen LogP contribution is 2.28. The first kappa shape index (κ1) is 10.5. The third-order valence-corrected chi connectivity index (χ3v) is 2.69. The quantitative estimate of drug-likeness (QED) is 0.853. The van der Waals surface area contributed by atoms with Crippen molar-refractivity contribution >= 4 is 16.8 Å². The van der Waals surface area contributed by atoms with Crippen LogP contribution in [0.25, 0.3) is 10.9 Å². The first-order valence-electron chi connectivity index (χ1n) is 5.15. The SMILES string of the molecule is CCn1c(C(N)=O)cc2c(OC)cccc21. The summed E-state index contributed by atoms with van der Waals surface area (Å²) in [4.78, 5) is 11.3. The van der Waals surface area contributed by atoms with Gasteiger partial charge in [-0.25, -0.2) is 0 Å². The van der Waals surface area contributed by atoms with E-state index in [-0.39, 0.29) is 0 Å². The number of hydrogen-bond donors (Lipinski definition) is 1. The van der Waals surface area contributed by atoms with E-state index in [1.54, 1.807) is 13.2 Å². The van der Waals surface area contributed by atoms with Gasteiger partial charge in [0.1, 0.15) is 11.4 Å². The molecule has 0 aliphatic rings. The summed E-state index contributed by atoms with van der Waals surface area (Å²) in [7, 11) is 1.61. The lowest BCUT2D eigenvalue weighted by Gasteiger charge is -2.05. The highest BCUT2D eigenvalue weighted by molar-refractivity contribution is 5.99. The van der Waals surface area contributed by atoms with Crippen LogP contribution < -0.4 is 10.5 Å². The van der Waals surface area contributed by atoms with Gasteiger partial charge in [-0.05, 0) is 25.1 Å². The van der Waals surface area contributed by atoms with Gasteiger partial charge in [-0.3, -0.25) is 4.79 Å². The lowest BCUT2D eigenvalue weighted by atomic mass is 10.2. The molecular weight excluding hydrogens is 204 g/mol. The summed E-state index contributed by atoms with van der Waals surface area (Å²) in [6.07, 6.45) is 0. The molecule has 0 aliphatic carbocycles. The minimum atomic E-state index is -0.417. The number of amides is 1. The number of carbonyl (C=O) groups is 1. The van der Waals surface area contributed by atoms with Crippen molar-refractivity contribution in [2.75, 3.05) is 7.11 Å². The van der Waals surface area contributed by atoms with Crippen LogP contribution in [0.5, 0.6) is 5.75 Å². The Labute approximate surface area is 93.6 Å². The van der Waals surface area contributed by atoms with Crippen LogP contribution in [-0.2, 0) is 6.54 Å². The molecule has 1 aromatic heterocycles. The Bertz CT molecular complexity index is 543. The number of ether oxygens (including phenoxy) is 1. The van der Waals surface area contributed by atoms with Gasteiger partial charge in [0.15, 0.2) is 0 Å². The summed E-state index contributed by atoms with van der Waals surface area (Å²) in [5, 5.41) is 0.917. The molecule has 0 unspecified atom stereocenters. The number of aryl methyl sites for hydroxylation is 1. The monoisotopic (exact) mass is 218 g/mol. The summed E-state index contributed by atoms with van der Waals surface area (Å²) in [6.45, 7) is 2.68. The van der Waals surface area contributed by atoms with Crippen molar-refractivity contribution in [3.8, 4) is 5.75 Å². The van der Waals surface area contributed by atoms with E-state index in [0.29, 0.717) is 12.2 Å². The number of rotatable bonds is 3. The van der Waals surface area contributed by atoms with E-state index in [0.717, 1.165) is 16.7 Å². The van der Waals surface area contributed by atoms with Crippen molar-refractivity contribution in [2.45, 2.75) is 13.5 Å². The highest BCUT2D eigenvalue weighted by Gasteiger charge is 2.14. The molecule has 4 nitrogen and oxygen atoms in total. The van der Waals surface area contributed by atoms with Crippen molar-refractivity contribution in [2.24, 2.45) is 5.73 Å². The van der Waals surface area contributed by atoms with Gasteiger partial charge in [0.25, 0.3) is 5.91 Å². The van der Waals surface area contributed by atoms with Gasteiger partial charge in [0.2, 0.25) is 0 Å². The molecule has 1 amide bonds. The standard InChI is InChI=1S/C12H14N2O2/c1-3-14-9-5-4-6-11(16-2)8(9)7-10(14)12(13)15/h4-7H,3H2,1-2H3,(H2,13,15). The molecule has 0 saturated carbocycles. The summed E-state index contributed by atoms with van der Waals surface area (Å²) >= 11 is 0. The average molecular weight is 218 g/mol. The van der Waals surface area contributed by atoms with Crippen LogP contribution in [0.15, 0.2) is 24.3 Å². The van der Waals surface area contributed by atoms with Crippen molar-refractivity contribution in [1.82, 2.24) is 4.57 Å². The minimum absolute atomic E-state index is 0.417. The summed E-state index contributed by atoms with van der Waals surface area (Å²) in [6, 6.07) is 7.50. The normalized spacial score (nSPS) is 10.6. The third-order valence-electron chi connectivity index (χ3n) is 2.69. The molecule has 16 heavy (non-hydrogen) atoms. The molecule has 1 aromatic carbocycles. The highest BCUT2D eigenvalue weighted by atomic mass is 16.5. The van der Waals surface area contributed by atoms with E-state index >= 15 is 0 Å². The molecule has 84 valence electrons. The van der Waals surface area contributed by atoms with Crippen LogP contribution in [0.2, 0.25) is 0 Å². The molecule has 2 N–H and O–H groups in total. The fraction of sp³-hybridized carbons (Fsp3) is 0.250. The van der Waals surface area contributed by atoms with Crippen LogP contribution in [-0.4, -0.2) is 17.6 Å². The molecule has 0 aliphatic heterocycles. The molecule has 0 atom stereocenters. The first-order valence-corrected chi connectivity index (χ1v) is 5.15. The maximum absolute atomic E-state index is 11.3. The smallest absolute Gasteiger partial charge is 0.265 e. The van der Waals surface area contributed by atoms with Gasteiger partial charge in [-0.15, -0.1) is 0 Å². The predicted molar refractivity (Wildman–Crippen MR) is 62.7 cm³/mol. The maximum atomic E-state index is 11.3. The first-order chi connectivity index (χ1) is 7.69. The zero-order chi connectivity index (χ0) is 11.7. The molecule has 0 fully saturated rings. The van der Waals surface area contributed by atoms with Crippen LogP contribution in [0.3, 0.4) is 0 Å². The summed E-state index contributed by atoms with van der Waals surface area (Å²) in [5.41, 5.74) is 6.83. The lowest BCUT2D eigenvalue weighted by Crippen LogP contribution is -2.16. The van der Waals surface area contributed by atoms with Gasteiger partial charge < -0.3 is 15.0 Å². The van der Waals surface area contributed by atoms with E-state index in [1.165, 1.54) is 0 Å². The van der Waals surface area contributed by atoms with E-state index in [1.807, 2.05) is 29.7 Å². The van der Waals surface area contributed by atoms with Gasteiger partial charge in [-0.1, -0.05) is 6.07 Å². The largest absolute Gasteiger partial charge is 0.496 e. The molecule has 0 radical (unpaired) electrons. The van der Waals surface area contributed by atoms with E-state index in [4.69, 9.17) is 10.5 Å². The topological polar surface area (TPSA) is 57.2 Å². The lowest BCUT2D eigenvalue weighted by molar-refractivity contribution is 0.0992. The summed E-state index contributed by atoms with van der Waals surface area (Å²) < 4.78 is 7.14. The molecule has 4 heteroatoms. The van der Waals surface area contributed by atoms with Crippen molar-refractivity contribution in [1.29, 1.82) is 0 Å². The summed E-state index contributed by atoms with van der Waals surface area (Å²) in [5.74, 6) is 0.340. The fourth-order valence-corrected chi connectivity index (χ4v) is 1.98. The number of fused-ring (bicyclic) bond motifs is 1. The molecule has 0 saturated heterocycles. The Morgan fingerprint density at radius 3 is 2.81 bits per heavy atom. The predicted octanol–water partition coefficient (Wildman–Crippen LogP) is 1.77. The van der Waals surface area contributed by atoms with E-state index in [2.05, 4.69) is 0 Å².